The molecule has 0 aliphatic carbocycles. The van der Waals surface area contributed by atoms with Crippen molar-refractivity contribution in [3.8, 4) is 0 Å². The molecule has 0 spiro atoms. The van der Waals surface area contributed by atoms with Gasteiger partial charge in [-0.05, 0) is 38.3 Å². The zero-order valence-corrected chi connectivity index (χ0v) is 16.9. The van der Waals surface area contributed by atoms with Gasteiger partial charge in [-0.25, -0.2) is 4.39 Å². The maximum atomic E-state index is 13.7. The SMILES string of the molecule is CC(C(=O)N1CCCCC1)N1CCN(C(=O)c2cc(F)c(Cl)cc2Cl)CC1. The molecule has 0 N–H and O–H groups in total. The first kappa shape index (κ1) is 20.4. The standard InChI is InChI=1S/C19H24Cl2FN3O2/c1-13(18(26)24-5-3-2-4-6-24)23-7-9-25(10-8-23)19(27)14-11-17(22)16(21)12-15(14)20/h11-13H,2-10H2,1H3. The summed E-state index contributed by atoms with van der Waals surface area (Å²) in [6.45, 7) is 5.73. The van der Waals surface area contributed by atoms with E-state index in [9.17, 15) is 14.0 Å². The van der Waals surface area contributed by atoms with Gasteiger partial charge < -0.3 is 9.80 Å². The summed E-state index contributed by atoms with van der Waals surface area (Å²) < 4.78 is 13.7. The lowest BCUT2D eigenvalue weighted by molar-refractivity contribution is -0.137. The molecule has 1 aromatic carbocycles. The molecule has 2 saturated heterocycles. The normalized spacial score (nSPS) is 19.9. The van der Waals surface area contributed by atoms with Crippen LogP contribution in [-0.4, -0.2) is 71.8 Å². The number of piperidine rings is 1. The summed E-state index contributed by atoms with van der Waals surface area (Å²) in [5, 5.41) is 0.0360. The van der Waals surface area contributed by atoms with Gasteiger partial charge in [0, 0.05) is 39.3 Å². The number of likely N-dealkylation sites (tertiary alicyclic amines) is 1. The smallest absolute Gasteiger partial charge is 0.255 e. The summed E-state index contributed by atoms with van der Waals surface area (Å²) in [5.74, 6) is -0.814. The van der Waals surface area contributed by atoms with E-state index >= 15 is 0 Å². The minimum absolute atomic E-state index is 0.105. The van der Waals surface area contributed by atoms with Crippen molar-refractivity contribution in [2.75, 3.05) is 39.3 Å². The van der Waals surface area contributed by atoms with Gasteiger partial charge >= 0.3 is 0 Å². The zero-order chi connectivity index (χ0) is 19.6. The Kier molecular flexibility index (Phi) is 6.61. The van der Waals surface area contributed by atoms with E-state index in [1.54, 1.807) is 4.90 Å². The molecule has 2 aliphatic rings. The van der Waals surface area contributed by atoms with Crippen molar-refractivity contribution in [1.29, 1.82) is 0 Å². The maximum Gasteiger partial charge on any atom is 0.255 e. The Morgan fingerprint density at radius 1 is 0.926 bits per heavy atom. The lowest BCUT2D eigenvalue weighted by Crippen LogP contribution is -2.56. The molecule has 0 saturated carbocycles. The summed E-state index contributed by atoms with van der Waals surface area (Å²) in [7, 11) is 0. The summed E-state index contributed by atoms with van der Waals surface area (Å²) in [5.41, 5.74) is 0.115. The van der Waals surface area contributed by atoms with Crippen LogP contribution >= 0.6 is 23.2 Å². The number of rotatable bonds is 3. The molecule has 0 aromatic heterocycles. The topological polar surface area (TPSA) is 43.9 Å². The molecule has 2 fully saturated rings. The van der Waals surface area contributed by atoms with Crippen LogP contribution in [0.2, 0.25) is 10.0 Å². The highest BCUT2D eigenvalue weighted by Gasteiger charge is 2.31. The van der Waals surface area contributed by atoms with E-state index in [4.69, 9.17) is 23.2 Å². The van der Waals surface area contributed by atoms with Crippen molar-refractivity contribution in [1.82, 2.24) is 14.7 Å². The fourth-order valence-corrected chi connectivity index (χ4v) is 4.17. The summed E-state index contributed by atoms with van der Waals surface area (Å²) in [4.78, 5) is 31.1. The molecule has 2 heterocycles. The van der Waals surface area contributed by atoms with E-state index in [1.807, 2.05) is 11.8 Å². The fraction of sp³-hybridized carbons (Fsp3) is 0.579. The molecule has 3 rings (SSSR count). The first-order valence-corrected chi connectivity index (χ1v) is 10.1. The first-order chi connectivity index (χ1) is 12.9. The van der Waals surface area contributed by atoms with Gasteiger partial charge in [0.25, 0.3) is 5.91 Å². The second kappa shape index (κ2) is 8.76. The maximum absolute atomic E-state index is 13.7. The van der Waals surface area contributed by atoms with Crippen molar-refractivity contribution in [3.05, 3.63) is 33.6 Å². The minimum atomic E-state index is -0.663. The van der Waals surface area contributed by atoms with Crippen LogP contribution in [-0.2, 0) is 4.79 Å². The van der Waals surface area contributed by atoms with Gasteiger partial charge in [0.05, 0.1) is 21.7 Å². The number of amides is 2. The molecule has 8 heteroatoms. The average molecular weight is 416 g/mol. The van der Waals surface area contributed by atoms with Crippen LogP contribution in [0.5, 0.6) is 0 Å². The van der Waals surface area contributed by atoms with E-state index in [1.165, 1.54) is 12.5 Å². The Balaban J connectivity index is 1.59. The molecule has 1 aromatic rings. The number of carbonyl (C=O) groups is 2. The Morgan fingerprint density at radius 3 is 2.19 bits per heavy atom. The van der Waals surface area contributed by atoms with E-state index < -0.39 is 5.82 Å². The number of halogens is 3. The van der Waals surface area contributed by atoms with Crippen molar-refractivity contribution in [2.24, 2.45) is 0 Å². The van der Waals surface area contributed by atoms with Crippen LogP contribution < -0.4 is 0 Å². The van der Waals surface area contributed by atoms with Crippen LogP contribution in [0, 0.1) is 5.82 Å². The summed E-state index contributed by atoms with van der Waals surface area (Å²) >= 11 is 11.8. The molecule has 2 amide bonds. The molecule has 5 nitrogen and oxygen atoms in total. The predicted molar refractivity (Wildman–Crippen MR) is 104 cm³/mol. The third kappa shape index (κ3) is 4.55. The average Bonchev–Trinajstić information content (AvgIpc) is 2.70. The molecule has 148 valence electrons. The van der Waals surface area contributed by atoms with Gasteiger partial charge in [0.15, 0.2) is 0 Å². The molecule has 2 aliphatic heterocycles. The van der Waals surface area contributed by atoms with Gasteiger partial charge in [-0.3, -0.25) is 14.5 Å². The lowest BCUT2D eigenvalue weighted by atomic mass is 10.1. The molecule has 27 heavy (non-hydrogen) atoms. The number of hydrogen-bond donors (Lipinski definition) is 0. The van der Waals surface area contributed by atoms with Gasteiger partial charge in [0.1, 0.15) is 5.82 Å². The summed E-state index contributed by atoms with van der Waals surface area (Å²) in [6.07, 6.45) is 3.32. The lowest BCUT2D eigenvalue weighted by Gasteiger charge is -2.39. The Labute approximate surface area is 169 Å². The summed E-state index contributed by atoms with van der Waals surface area (Å²) in [6, 6.07) is 2.14. The second-order valence-corrected chi connectivity index (χ2v) is 7.95. The second-order valence-electron chi connectivity index (χ2n) is 7.14. The Hall–Kier alpha value is -1.37. The highest BCUT2D eigenvalue weighted by atomic mass is 35.5. The van der Waals surface area contributed by atoms with E-state index in [-0.39, 0.29) is 33.5 Å². The number of benzene rings is 1. The van der Waals surface area contributed by atoms with Gasteiger partial charge in [-0.2, -0.15) is 0 Å². The largest absolute Gasteiger partial charge is 0.341 e. The van der Waals surface area contributed by atoms with Crippen LogP contribution in [0.4, 0.5) is 4.39 Å². The number of piperazine rings is 1. The predicted octanol–water partition coefficient (Wildman–Crippen LogP) is 3.29. The Morgan fingerprint density at radius 2 is 1.56 bits per heavy atom. The van der Waals surface area contributed by atoms with Crippen LogP contribution in [0.1, 0.15) is 36.5 Å². The monoisotopic (exact) mass is 415 g/mol. The van der Waals surface area contributed by atoms with Gasteiger partial charge in [0.2, 0.25) is 5.91 Å². The molecule has 1 atom stereocenters. The molecule has 0 bridgehead atoms. The third-order valence-corrected chi connectivity index (χ3v) is 6.02. The highest BCUT2D eigenvalue weighted by molar-refractivity contribution is 6.36. The quantitative estimate of drug-likeness (QED) is 0.711. The number of carbonyl (C=O) groups excluding carboxylic acids is 2. The van der Waals surface area contributed by atoms with Crippen LogP contribution in [0.25, 0.3) is 0 Å². The van der Waals surface area contributed by atoms with Crippen molar-refractivity contribution in [2.45, 2.75) is 32.2 Å². The van der Waals surface area contributed by atoms with Crippen molar-refractivity contribution >= 4 is 35.0 Å². The van der Waals surface area contributed by atoms with E-state index in [0.29, 0.717) is 26.2 Å². The highest BCUT2D eigenvalue weighted by Crippen LogP contribution is 2.26. The number of nitrogens with zero attached hydrogens (tertiary/aromatic N) is 3. The van der Waals surface area contributed by atoms with Crippen molar-refractivity contribution < 1.29 is 14.0 Å². The molecule has 0 radical (unpaired) electrons. The first-order valence-electron chi connectivity index (χ1n) is 9.35. The third-order valence-electron chi connectivity index (χ3n) is 5.41. The Bertz CT molecular complexity index is 717. The van der Waals surface area contributed by atoms with Gasteiger partial charge in [-0.15, -0.1) is 0 Å². The fourth-order valence-electron chi connectivity index (χ4n) is 3.70. The zero-order valence-electron chi connectivity index (χ0n) is 15.4. The van der Waals surface area contributed by atoms with E-state index in [2.05, 4.69) is 4.90 Å². The van der Waals surface area contributed by atoms with Crippen LogP contribution in [0.3, 0.4) is 0 Å². The minimum Gasteiger partial charge on any atom is -0.341 e. The van der Waals surface area contributed by atoms with Crippen LogP contribution in [0.15, 0.2) is 12.1 Å². The molecular weight excluding hydrogens is 392 g/mol. The number of hydrogen-bond acceptors (Lipinski definition) is 3. The molecule has 1 unspecified atom stereocenters. The molecular formula is C19H24Cl2FN3O2. The van der Waals surface area contributed by atoms with Gasteiger partial charge in [-0.1, -0.05) is 23.2 Å². The van der Waals surface area contributed by atoms with E-state index in [0.717, 1.165) is 32.0 Å². The van der Waals surface area contributed by atoms with Crippen molar-refractivity contribution in [3.63, 3.8) is 0 Å².